The minimum atomic E-state index is -1.49. The molecule has 2 aromatic carbocycles. The zero-order chi connectivity index (χ0) is 18.8. The summed E-state index contributed by atoms with van der Waals surface area (Å²) < 4.78 is 39.9. The summed E-state index contributed by atoms with van der Waals surface area (Å²) in [5, 5.41) is 0. The number of carbonyl (C=O) groups excluding carboxylic acids is 1. The van der Waals surface area contributed by atoms with Gasteiger partial charge in [-0.2, -0.15) is 0 Å². The van der Waals surface area contributed by atoms with Gasteiger partial charge in [-0.05, 0) is 61.1 Å². The summed E-state index contributed by atoms with van der Waals surface area (Å²) in [5.41, 5.74) is 7.19. The summed E-state index contributed by atoms with van der Waals surface area (Å²) in [4.78, 5) is 14.5. The number of hydrogen-bond donors (Lipinski definition) is 1. The predicted molar refractivity (Wildman–Crippen MR) is 94.0 cm³/mol. The van der Waals surface area contributed by atoms with Gasteiger partial charge in [0.25, 0.3) is 5.91 Å². The third-order valence-electron chi connectivity index (χ3n) is 4.94. The highest BCUT2D eigenvalue weighted by Gasteiger charge is 2.26. The maximum absolute atomic E-state index is 13.4. The van der Waals surface area contributed by atoms with E-state index >= 15 is 0 Å². The lowest BCUT2D eigenvalue weighted by atomic mass is 9.91. The molecular weight excluding hydrogens is 341 g/mol. The fourth-order valence-corrected chi connectivity index (χ4v) is 3.33. The number of nitrogens with two attached hydrogens (primary N) is 1. The molecule has 0 radical (unpaired) electrons. The molecule has 1 fully saturated rings. The van der Waals surface area contributed by atoms with Crippen LogP contribution in [0.5, 0.6) is 0 Å². The van der Waals surface area contributed by atoms with Crippen LogP contribution in [-0.2, 0) is 0 Å². The van der Waals surface area contributed by atoms with Gasteiger partial charge in [0, 0.05) is 24.7 Å². The van der Waals surface area contributed by atoms with E-state index in [4.69, 9.17) is 5.73 Å². The molecule has 1 saturated heterocycles. The van der Waals surface area contributed by atoms with Gasteiger partial charge in [-0.25, -0.2) is 13.2 Å². The number of halogens is 3. The van der Waals surface area contributed by atoms with Crippen LogP contribution >= 0.6 is 0 Å². The van der Waals surface area contributed by atoms with Crippen molar-refractivity contribution in [2.75, 3.05) is 13.1 Å². The van der Waals surface area contributed by atoms with Crippen molar-refractivity contribution in [1.82, 2.24) is 4.90 Å². The van der Waals surface area contributed by atoms with Crippen LogP contribution in [0.1, 0.15) is 30.1 Å². The Labute approximate surface area is 150 Å². The van der Waals surface area contributed by atoms with Crippen LogP contribution in [-0.4, -0.2) is 29.9 Å². The lowest BCUT2D eigenvalue weighted by molar-refractivity contribution is 0.0661. The van der Waals surface area contributed by atoms with Gasteiger partial charge >= 0.3 is 0 Å². The van der Waals surface area contributed by atoms with Gasteiger partial charge in [-0.1, -0.05) is 12.1 Å². The summed E-state index contributed by atoms with van der Waals surface area (Å²) in [6, 6.07) is 8.36. The summed E-state index contributed by atoms with van der Waals surface area (Å²) in [5.74, 6) is -3.77. The van der Waals surface area contributed by atoms with Crippen LogP contribution in [0.4, 0.5) is 13.2 Å². The molecule has 1 aliphatic rings. The van der Waals surface area contributed by atoms with Crippen LogP contribution in [0.15, 0.2) is 36.4 Å². The summed E-state index contributed by atoms with van der Waals surface area (Å²) in [7, 11) is 0. The maximum Gasteiger partial charge on any atom is 0.253 e. The van der Waals surface area contributed by atoms with Crippen LogP contribution in [0.25, 0.3) is 11.1 Å². The molecule has 2 unspecified atom stereocenters. The molecular formula is C20H21F3N2O. The average Bonchev–Trinajstić information content (AvgIpc) is 2.65. The van der Waals surface area contributed by atoms with Crippen molar-refractivity contribution in [3.63, 3.8) is 0 Å². The number of amides is 1. The van der Waals surface area contributed by atoms with Crippen molar-refractivity contribution in [1.29, 1.82) is 0 Å². The molecule has 0 aliphatic carbocycles. The molecule has 2 aromatic rings. The number of likely N-dealkylation sites (tertiary alicyclic amines) is 1. The molecule has 2 N–H and O–H groups in total. The Kier molecular flexibility index (Phi) is 5.32. The molecule has 0 aromatic heterocycles. The van der Waals surface area contributed by atoms with Gasteiger partial charge in [0.05, 0.1) is 0 Å². The average molecular weight is 362 g/mol. The molecule has 1 amide bonds. The van der Waals surface area contributed by atoms with E-state index in [0.717, 1.165) is 25.0 Å². The Balaban J connectivity index is 1.78. The Bertz CT molecular complexity index is 782. The Morgan fingerprint density at radius 3 is 2.31 bits per heavy atom. The van der Waals surface area contributed by atoms with Crippen molar-refractivity contribution >= 4 is 5.91 Å². The van der Waals surface area contributed by atoms with Crippen LogP contribution in [0.2, 0.25) is 0 Å². The lowest BCUT2D eigenvalue weighted by Gasteiger charge is -2.34. The van der Waals surface area contributed by atoms with E-state index in [1.54, 1.807) is 29.2 Å². The van der Waals surface area contributed by atoms with Gasteiger partial charge in [0.1, 0.15) is 0 Å². The monoisotopic (exact) mass is 362 g/mol. The first kappa shape index (κ1) is 18.5. The normalized spacial score (nSPS) is 18.7. The van der Waals surface area contributed by atoms with E-state index in [0.29, 0.717) is 24.2 Å². The molecule has 2 atom stereocenters. The second-order valence-corrected chi connectivity index (χ2v) is 6.84. The third-order valence-corrected chi connectivity index (χ3v) is 4.94. The highest BCUT2D eigenvalue weighted by Crippen LogP contribution is 2.25. The van der Waals surface area contributed by atoms with Crippen molar-refractivity contribution < 1.29 is 18.0 Å². The highest BCUT2D eigenvalue weighted by molar-refractivity contribution is 5.94. The lowest BCUT2D eigenvalue weighted by Crippen LogP contribution is -2.45. The Morgan fingerprint density at radius 1 is 1.12 bits per heavy atom. The highest BCUT2D eigenvalue weighted by atomic mass is 19.2. The molecule has 3 rings (SSSR count). The number of piperidine rings is 1. The van der Waals surface area contributed by atoms with E-state index in [1.807, 2.05) is 6.92 Å². The standard InChI is InChI=1S/C20H21F3N2O/c1-12(24)15-3-2-8-25(11-15)20(26)14-6-4-13(5-7-14)16-9-17(21)19(23)18(22)10-16/h4-7,9-10,12,15H,2-3,8,11,24H2,1H3. The quantitative estimate of drug-likeness (QED) is 0.840. The smallest absolute Gasteiger partial charge is 0.253 e. The van der Waals surface area contributed by atoms with Gasteiger partial charge < -0.3 is 10.6 Å². The molecule has 3 nitrogen and oxygen atoms in total. The van der Waals surface area contributed by atoms with E-state index in [9.17, 15) is 18.0 Å². The second-order valence-electron chi connectivity index (χ2n) is 6.84. The molecule has 0 saturated carbocycles. The van der Waals surface area contributed by atoms with Crippen molar-refractivity contribution in [2.45, 2.75) is 25.8 Å². The topological polar surface area (TPSA) is 46.3 Å². The Hall–Kier alpha value is -2.34. The van der Waals surface area contributed by atoms with Gasteiger partial charge in [-0.3, -0.25) is 4.79 Å². The Morgan fingerprint density at radius 2 is 1.73 bits per heavy atom. The maximum atomic E-state index is 13.4. The van der Waals surface area contributed by atoms with E-state index in [-0.39, 0.29) is 23.4 Å². The molecule has 1 heterocycles. The zero-order valence-electron chi connectivity index (χ0n) is 14.5. The number of benzene rings is 2. The largest absolute Gasteiger partial charge is 0.338 e. The number of carbonyl (C=O) groups is 1. The SMILES string of the molecule is CC(N)C1CCCN(C(=O)c2ccc(-c3cc(F)c(F)c(F)c3)cc2)C1. The minimum Gasteiger partial charge on any atom is -0.338 e. The molecule has 0 bridgehead atoms. The van der Waals surface area contributed by atoms with Crippen molar-refractivity contribution in [2.24, 2.45) is 11.7 Å². The van der Waals surface area contributed by atoms with Crippen LogP contribution in [0, 0.1) is 23.4 Å². The van der Waals surface area contributed by atoms with Crippen LogP contribution < -0.4 is 5.73 Å². The summed E-state index contributed by atoms with van der Waals surface area (Å²) >= 11 is 0. The molecule has 1 aliphatic heterocycles. The minimum absolute atomic E-state index is 0.0382. The van der Waals surface area contributed by atoms with Gasteiger partial charge in [0.15, 0.2) is 17.5 Å². The fraction of sp³-hybridized carbons (Fsp3) is 0.350. The zero-order valence-corrected chi connectivity index (χ0v) is 14.5. The molecule has 0 spiro atoms. The van der Waals surface area contributed by atoms with E-state index in [2.05, 4.69) is 0 Å². The number of hydrogen-bond acceptors (Lipinski definition) is 2. The molecule has 138 valence electrons. The fourth-order valence-electron chi connectivity index (χ4n) is 3.33. The third kappa shape index (κ3) is 3.75. The summed E-state index contributed by atoms with van der Waals surface area (Å²) in [6.07, 6.45) is 1.94. The number of rotatable bonds is 3. The first-order chi connectivity index (χ1) is 12.4. The van der Waals surface area contributed by atoms with Crippen LogP contribution in [0.3, 0.4) is 0 Å². The summed E-state index contributed by atoms with van der Waals surface area (Å²) in [6.45, 7) is 3.28. The predicted octanol–water partition coefficient (Wildman–Crippen LogP) is 3.97. The first-order valence-corrected chi connectivity index (χ1v) is 8.66. The molecule has 6 heteroatoms. The first-order valence-electron chi connectivity index (χ1n) is 8.66. The molecule has 26 heavy (non-hydrogen) atoms. The van der Waals surface area contributed by atoms with E-state index < -0.39 is 17.5 Å². The van der Waals surface area contributed by atoms with Crippen molar-refractivity contribution in [3.8, 4) is 11.1 Å². The number of nitrogens with zero attached hydrogens (tertiary/aromatic N) is 1. The van der Waals surface area contributed by atoms with Crippen molar-refractivity contribution in [3.05, 3.63) is 59.4 Å². The van der Waals surface area contributed by atoms with Gasteiger partial charge in [0.2, 0.25) is 0 Å². The van der Waals surface area contributed by atoms with Gasteiger partial charge in [-0.15, -0.1) is 0 Å². The van der Waals surface area contributed by atoms with E-state index in [1.165, 1.54) is 0 Å². The second kappa shape index (κ2) is 7.50.